The van der Waals surface area contributed by atoms with Crippen LogP contribution in [0.2, 0.25) is 0 Å². The van der Waals surface area contributed by atoms with E-state index in [9.17, 15) is 19.2 Å². The third-order valence-electron chi connectivity index (χ3n) is 5.28. The molecule has 0 aliphatic carbocycles. The Balaban J connectivity index is 5.52. The van der Waals surface area contributed by atoms with Crippen LogP contribution in [0.1, 0.15) is 78.6 Å². The average Bonchev–Trinajstić information content (AvgIpc) is 2.80. The first kappa shape index (κ1) is 33.6. The Labute approximate surface area is 215 Å². The normalized spacial score (nSPS) is 13.8. The Morgan fingerprint density at radius 2 is 1.06 bits per heavy atom. The molecule has 0 aliphatic rings. The fourth-order valence-electron chi connectivity index (χ4n) is 3.40. The largest absolute Gasteiger partial charge is 0.467 e. The van der Waals surface area contributed by atoms with Crippen LogP contribution in [0.3, 0.4) is 0 Å². The molecule has 0 aromatic carbocycles. The molecule has 1 unspecified atom stereocenters. The Hall–Kier alpha value is -2.44. The number of nitrogens with one attached hydrogen (secondary N) is 3. The molecule has 0 saturated carbocycles. The number of esters is 1. The molecule has 36 heavy (non-hydrogen) atoms. The number of carbonyl (C=O) groups excluding carboxylic acids is 4. The molecule has 0 fully saturated rings. The first-order chi connectivity index (χ1) is 17.0. The highest BCUT2D eigenvalue weighted by atomic mass is 16.6. The molecule has 0 spiro atoms. The Kier molecular flexibility index (Phi) is 17.5. The fourth-order valence-corrected chi connectivity index (χ4v) is 3.40. The van der Waals surface area contributed by atoms with Crippen LogP contribution in [0.15, 0.2) is 0 Å². The molecule has 0 radical (unpaired) electrons. The molecule has 0 bridgehead atoms. The number of hydrogen-bond acceptors (Lipinski definition) is 9. The third kappa shape index (κ3) is 15.5. The summed E-state index contributed by atoms with van der Waals surface area (Å²) >= 11 is 0. The van der Waals surface area contributed by atoms with Gasteiger partial charge in [0.15, 0.2) is 0 Å². The van der Waals surface area contributed by atoms with Gasteiger partial charge in [0.25, 0.3) is 0 Å². The van der Waals surface area contributed by atoms with E-state index >= 15 is 0 Å². The number of rotatable bonds is 18. The summed E-state index contributed by atoms with van der Waals surface area (Å²) in [4.78, 5) is 50.8. The van der Waals surface area contributed by atoms with Crippen LogP contribution < -0.4 is 33.2 Å². The molecule has 0 heterocycles. The van der Waals surface area contributed by atoms with Crippen LogP contribution in [0.25, 0.3) is 0 Å². The van der Waals surface area contributed by atoms with Crippen molar-refractivity contribution in [2.75, 3.05) is 26.7 Å². The Morgan fingerprint density at radius 3 is 1.44 bits per heavy atom. The van der Waals surface area contributed by atoms with Crippen LogP contribution >= 0.6 is 0 Å². The molecule has 12 heteroatoms. The number of alkyl carbamates (subject to hydrolysis) is 1. The van der Waals surface area contributed by atoms with Crippen molar-refractivity contribution in [2.24, 2.45) is 17.2 Å². The quantitative estimate of drug-likeness (QED) is 0.110. The number of amides is 3. The molecule has 0 aliphatic heterocycles. The number of ether oxygens (including phenoxy) is 2. The predicted octanol–water partition coefficient (Wildman–Crippen LogP) is 0.409. The van der Waals surface area contributed by atoms with E-state index in [0.717, 1.165) is 0 Å². The van der Waals surface area contributed by atoms with Crippen LogP contribution in [-0.4, -0.2) is 74.3 Å². The van der Waals surface area contributed by atoms with Gasteiger partial charge in [-0.05, 0) is 98.2 Å². The summed E-state index contributed by atoms with van der Waals surface area (Å²) in [6.45, 7) is 6.52. The van der Waals surface area contributed by atoms with E-state index in [2.05, 4.69) is 16.0 Å². The molecule has 0 aromatic rings. The van der Waals surface area contributed by atoms with Gasteiger partial charge in [0, 0.05) is 0 Å². The molecule has 3 atom stereocenters. The lowest BCUT2D eigenvalue weighted by Crippen LogP contribution is -2.56. The van der Waals surface area contributed by atoms with E-state index in [-0.39, 0.29) is 0 Å². The maximum absolute atomic E-state index is 13.1. The predicted molar refractivity (Wildman–Crippen MR) is 138 cm³/mol. The lowest BCUT2D eigenvalue weighted by Gasteiger charge is -2.26. The second-order valence-electron chi connectivity index (χ2n) is 9.70. The van der Waals surface area contributed by atoms with Gasteiger partial charge in [-0.3, -0.25) is 9.59 Å². The summed E-state index contributed by atoms with van der Waals surface area (Å²) in [6.07, 6.45) is 4.10. The van der Waals surface area contributed by atoms with Gasteiger partial charge in [0.1, 0.15) is 23.7 Å². The molecule has 0 saturated heterocycles. The first-order valence-corrected chi connectivity index (χ1v) is 12.8. The molecule has 0 rings (SSSR count). The van der Waals surface area contributed by atoms with Crippen molar-refractivity contribution in [2.45, 2.75) is 102 Å². The molecular formula is C24H48N6O6. The van der Waals surface area contributed by atoms with Crippen molar-refractivity contribution in [3.63, 3.8) is 0 Å². The highest BCUT2D eigenvalue weighted by Gasteiger charge is 2.30. The second kappa shape index (κ2) is 18.8. The van der Waals surface area contributed by atoms with E-state index < -0.39 is 47.6 Å². The van der Waals surface area contributed by atoms with Gasteiger partial charge in [0.05, 0.1) is 7.11 Å². The van der Waals surface area contributed by atoms with Gasteiger partial charge >= 0.3 is 12.1 Å². The smallest absolute Gasteiger partial charge is 0.408 e. The van der Waals surface area contributed by atoms with E-state index in [0.29, 0.717) is 77.4 Å². The fraction of sp³-hybridized carbons (Fsp3) is 0.833. The van der Waals surface area contributed by atoms with Gasteiger partial charge in [-0.15, -0.1) is 0 Å². The molecule has 9 N–H and O–H groups in total. The van der Waals surface area contributed by atoms with Crippen molar-refractivity contribution in [1.82, 2.24) is 16.0 Å². The van der Waals surface area contributed by atoms with E-state index in [1.165, 1.54) is 7.11 Å². The second-order valence-corrected chi connectivity index (χ2v) is 9.70. The molecule has 3 amide bonds. The number of carbonyl (C=O) groups is 4. The van der Waals surface area contributed by atoms with E-state index in [1.54, 1.807) is 20.8 Å². The minimum Gasteiger partial charge on any atom is -0.467 e. The molecule has 210 valence electrons. The van der Waals surface area contributed by atoms with Crippen LogP contribution in [0.5, 0.6) is 0 Å². The van der Waals surface area contributed by atoms with Gasteiger partial charge in [-0.2, -0.15) is 0 Å². The van der Waals surface area contributed by atoms with Crippen molar-refractivity contribution < 1.29 is 28.7 Å². The lowest BCUT2D eigenvalue weighted by molar-refractivity contribution is -0.145. The average molecular weight is 517 g/mol. The van der Waals surface area contributed by atoms with Crippen molar-refractivity contribution in [3.8, 4) is 0 Å². The Bertz CT molecular complexity index is 670. The summed E-state index contributed by atoms with van der Waals surface area (Å²) in [5.41, 5.74) is 16.0. The van der Waals surface area contributed by atoms with E-state index in [1.807, 2.05) is 0 Å². The van der Waals surface area contributed by atoms with Gasteiger partial charge < -0.3 is 42.6 Å². The highest BCUT2D eigenvalue weighted by Crippen LogP contribution is 2.10. The zero-order chi connectivity index (χ0) is 27.6. The maximum Gasteiger partial charge on any atom is 0.408 e. The first-order valence-electron chi connectivity index (χ1n) is 12.8. The number of methoxy groups -OCH3 is 1. The Morgan fingerprint density at radius 1 is 0.667 bits per heavy atom. The molecule has 0 aromatic heterocycles. The zero-order valence-electron chi connectivity index (χ0n) is 22.4. The third-order valence-corrected chi connectivity index (χ3v) is 5.28. The summed E-state index contributed by atoms with van der Waals surface area (Å²) in [5.74, 6) is -1.61. The maximum atomic E-state index is 13.1. The number of nitrogens with two attached hydrogens (primary N) is 3. The van der Waals surface area contributed by atoms with Gasteiger partial charge in [-0.1, -0.05) is 0 Å². The number of hydrogen-bond donors (Lipinski definition) is 6. The SMILES string of the molecule is COC(=O)C(CCCCN)NC(=O)[C@H](CCCCN)NC(=O)[C@@H](CCCCN)NC(=O)OC(C)(C)C. The summed E-state index contributed by atoms with van der Waals surface area (Å²) < 4.78 is 10.1. The number of unbranched alkanes of at least 4 members (excludes halogenated alkanes) is 3. The topological polar surface area (TPSA) is 201 Å². The summed E-state index contributed by atoms with van der Waals surface area (Å²) in [6, 6.07) is -2.71. The van der Waals surface area contributed by atoms with Crippen LogP contribution in [0.4, 0.5) is 4.79 Å². The van der Waals surface area contributed by atoms with Crippen LogP contribution in [0, 0.1) is 0 Å². The van der Waals surface area contributed by atoms with Crippen molar-refractivity contribution >= 4 is 23.9 Å². The van der Waals surface area contributed by atoms with Crippen molar-refractivity contribution in [3.05, 3.63) is 0 Å². The van der Waals surface area contributed by atoms with E-state index in [4.69, 9.17) is 26.7 Å². The summed E-state index contributed by atoms with van der Waals surface area (Å²) in [7, 11) is 1.25. The standard InChI is InChI=1S/C24H48N6O6/c1-24(2,3)36-23(34)30-18(12-6-9-15-26)21(32)28-17(11-5-8-14-25)20(31)29-19(22(33)35-4)13-7-10-16-27/h17-19H,5-16,25-27H2,1-4H3,(H,28,32)(H,29,31)(H,30,34)/t17-,18+,19?/m0/s1. The van der Waals surface area contributed by atoms with Crippen LogP contribution in [-0.2, 0) is 23.9 Å². The van der Waals surface area contributed by atoms with Crippen molar-refractivity contribution in [1.29, 1.82) is 0 Å². The van der Waals surface area contributed by atoms with Gasteiger partial charge in [0.2, 0.25) is 11.8 Å². The molecular weight excluding hydrogens is 468 g/mol. The summed E-state index contributed by atoms with van der Waals surface area (Å²) in [5, 5.41) is 8.02. The highest BCUT2D eigenvalue weighted by molar-refractivity contribution is 5.93. The van der Waals surface area contributed by atoms with Gasteiger partial charge in [-0.25, -0.2) is 9.59 Å². The molecule has 12 nitrogen and oxygen atoms in total. The lowest BCUT2D eigenvalue weighted by atomic mass is 10.0. The monoisotopic (exact) mass is 516 g/mol. The minimum absolute atomic E-state index is 0.313. The minimum atomic E-state index is -0.928. The zero-order valence-corrected chi connectivity index (χ0v) is 22.4.